The fraction of sp³-hybridized carbons (Fsp3) is 0.333. The number of carboxylic acids is 1. The average Bonchev–Trinajstić information content (AvgIpc) is 2.69. The van der Waals surface area contributed by atoms with Crippen molar-refractivity contribution in [3.8, 4) is 0 Å². The van der Waals surface area contributed by atoms with Gasteiger partial charge in [-0.1, -0.05) is 5.16 Å². The van der Waals surface area contributed by atoms with Crippen LogP contribution in [0.4, 0.5) is 0 Å². The Morgan fingerprint density at radius 3 is 3.21 bits per heavy atom. The van der Waals surface area contributed by atoms with Crippen molar-refractivity contribution < 1.29 is 19.2 Å². The fourth-order valence-electron chi connectivity index (χ4n) is 1.32. The molecule has 0 amide bonds. The monoisotopic (exact) mass is 195 g/mol. The number of furan rings is 1. The van der Waals surface area contributed by atoms with Crippen LogP contribution in [0.1, 0.15) is 18.6 Å². The molecule has 1 N–H and O–H groups in total. The van der Waals surface area contributed by atoms with Crippen LogP contribution in [-0.2, 0) is 9.63 Å². The van der Waals surface area contributed by atoms with Gasteiger partial charge in [-0.2, -0.15) is 0 Å². The molecule has 0 radical (unpaired) electrons. The summed E-state index contributed by atoms with van der Waals surface area (Å²) < 4.78 is 5.11. The number of carboxylic acid groups (broad SMARTS) is 1. The first-order chi connectivity index (χ1) is 6.75. The number of carbonyl (C=O) groups is 1. The second-order valence-corrected chi connectivity index (χ2v) is 3.04. The van der Waals surface area contributed by atoms with Gasteiger partial charge in [0, 0.05) is 6.42 Å². The highest BCUT2D eigenvalue weighted by Gasteiger charge is 2.25. The Balaban J connectivity index is 1.97. The molecule has 5 nitrogen and oxygen atoms in total. The molecule has 2 rings (SSSR count). The first-order valence-electron chi connectivity index (χ1n) is 4.24. The number of hydrogen-bond acceptors (Lipinski definition) is 4. The number of nitrogens with zero attached hydrogens (tertiary/aromatic N) is 1. The highest BCUT2D eigenvalue weighted by molar-refractivity contribution is 5.99. The minimum Gasteiger partial charge on any atom is -0.481 e. The smallest absolute Gasteiger partial charge is 0.307 e. The van der Waals surface area contributed by atoms with E-state index < -0.39 is 5.97 Å². The molecule has 0 saturated heterocycles. The molecule has 1 atom stereocenters. The lowest BCUT2D eigenvalue weighted by Gasteiger charge is -2.02. The number of hydrogen-bond donors (Lipinski definition) is 1. The van der Waals surface area contributed by atoms with Crippen LogP contribution in [0.3, 0.4) is 0 Å². The third-order valence-corrected chi connectivity index (χ3v) is 1.94. The molecule has 1 aromatic rings. The first-order valence-corrected chi connectivity index (χ1v) is 4.24. The van der Waals surface area contributed by atoms with Crippen LogP contribution < -0.4 is 0 Å². The quantitative estimate of drug-likeness (QED) is 0.787. The number of oxime groups is 1. The number of aliphatic carboxylic acids is 1. The summed E-state index contributed by atoms with van der Waals surface area (Å²) in [5.41, 5.74) is 0.668. The minimum absolute atomic E-state index is 0.0340. The molecule has 5 heteroatoms. The zero-order valence-electron chi connectivity index (χ0n) is 7.34. The van der Waals surface area contributed by atoms with E-state index >= 15 is 0 Å². The molecule has 0 saturated carbocycles. The van der Waals surface area contributed by atoms with Gasteiger partial charge in [0.15, 0.2) is 5.76 Å². The molecule has 0 bridgehead atoms. The van der Waals surface area contributed by atoms with Crippen molar-refractivity contribution in [1.29, 1.82) is 0 Å². The van der Waals surface area contributed by atoms with Crippen LogP contribution in [0.15, 0.2) is 28.0 Å². The van der Waals surface area contributed by atoms with Gasteiger partial charge in [0.1, 0.15) is 11.8 Å². The van der Waals surface area contributed by atoms with E-state index in [9.17, 15) is 4.79 Å². The van der Waals surface area contributed by atoms with Crippen LogP contribution in [-0.4, -0.2) is 22.9 Å². The van der Waals surface area contributed by atoms with E-state index in [0.717, 1.165) is 0 Å². The van der Waals surface area contributed by atoms with Crippen molar-refractivity contribution in [2.24, 2.45) is 5.16 Å². The number of rotatable bonds is 3. The van der Waals surface area contributed by atoms with Gasteiger partial charge in [-0.3, -0.25) is 4.79 Å². The van der Waals surface area contributed by atoms with Crippen molar-refractivity contribution in [1.82, 2.24) is 0 Å². The van der Waals surface area contributed by atoms with Gasteiger partial charge in [-0.25, -0.2) is 0 Å². The predicted octanol–water partition coefficient (Wildman–Crippen LogP) is 1.25. The second-order valence-electron chi connectivity index (χ2n) is 3.04. The molecular formula is C9H9NO4. The Morgan fingerprint density at radius 2 is 2.57 bits per heavy atom. The molecule has 1 aromatic heterocycles. The fourth-order valence-corrected chi connectivity index (χ4v) is 1.32. The summed E-state index contributed by atoms with van der Waals surface area (Å²) in [6.07, 6.45) is 1.63. The Hall–Kier alpha value is -1.78. The Kier molecular flexibility index (Phi) is 2.22. The molecular weight excluding hydrogens is 186 g/mol. The summed E-state index contributed by atoms with van der Waals surface area (Å²) in [6, 6.07) is 3.52. The third kappa shape index (κ3) is 1.76. The van der Waals surface area contributed by atoms with Crippen LogP contribution in [0.2, 0.25) is 0 Å². The van der Waals surface area contributed by atoms with E-state index in [4.69, 9.17) is 14.4 Å². The lowest BCUT2D eigenvalue weighted by atomic mass is 10.1. The molecule has 1 aliphatic heterocycles. The maximum Gasteiger partial charge on any atom is 0.307 e. The van der Waals surface area contributed by atoms with Crippen molar-refractivity contribution >= 4 is 11.7 Å². The third-order valence-electron chi connectivity index (χ3n) is 1.94. The molecule has 1 aliphatic rings. The zero-order valence-corrected chi connectivity index (χ0v) is 7.34. The maximum absolute atomic E-state index is 10.4. The Labute approximate surface area is 80.0 Å². The lowest BCUT2D eigenvalue weighted by molar-refractivity contribution is -0.139. The van der Waals surface area contributed by atoms with Crippen molar-refractivity contribution in [2.75, 3.05) is 0 Å². The summed E-state index contributed by atoms with van der Waals surface area (Å²) in [7, 11) is 0. The zero-order chi connectivity index (χ0) is 9.97. The van der Waals surface area contributed by atoms with Gasteiger partial charge in [0.05, 0.1) is 12.7 Å². The van der Waals surface area contributed by atoms with Crippen molar-refractivity contribution in [3.63, 3.8) is 0 Å². The van der Waals surface area contributed by atoms with E-state index in [2.05, 4.69) is 5.16 Å². The van der Waals surface area contributed by atoms with E-state index in [1.807, 2.05) is 0 Å². The van der Waals surface area contributed by atoms with E-state index in [1.165, 1.54) is 0 Å². The molecule has 0 fully saturated rings. The van der Waals surface area contributed by atoms with Crippen LogP contribution in [0.25, 0.3) is 0 Å². The Bertz CT molecular complexity index is 355. The standard InChI is InChI=1S/C9H9NO4/c11-9(12)5-6-4-7(10-14-6)8-2-1-3-13-8/h1-3,6H,4-5H2,(H,11,12). The van der Waals surface area contributed by atoms with Crippen LogP contribution in [0, 0.1) is 0 Å². The van der Waals surface area contributed by atoms with Gasteiger partial charge >= 0.3 is 5.97 Å². The highest BCUT2D eigenvalue weighted by Crippen LogP contribution is 2.18. The molecule has 14 heavy (non-hydrogen) atoms. The van der Waals surface area contributed by atoms with E-state index in [0.29, 0.717) is 17.9 Å². The van der Waals surface area contributed by atoms with Gasteiger partial charge < -0.3 is 14.4 Å². The highest BCUT2D eigenvalue weighted by atomic mass is 16.6. The van der Waals surface area contributed by atoms with Gasteiger partial charge in [0.2, 0.25) is 0 Å². The normalized spacial score (nSPS) is 20.3. The summed E-state index contributed by atoms with van der Waals surface area (Å²) in [4.78, 5) is 15.3. The minimum atomic E-state index is -0.883. The molecule has 1 unspecified atom stereocenters. The maximum atomic E-state index is 10.4. The lowest BCUT2D eigenvalue weighted by Crippen LogP contribution is -2.13. The molecule has 0 aromatic carbocycles. The van der Waals surface area contributed by atoms with Crippen LogP contribution in [0.5, 0.6) is 0 Å². The topological polar surface area (TPSA) is 72.0 Å². The van der Waals surface area contributed by atoms with Gasteiger partial charge in [-0.15, -0.1) is 0 Å². The average molecular weight is 195 g/mol. The van der Waals surface area contributed by atoms with Crippen LogP contribution >= 0.6 is 0 Å². The summed E-state index contributed by atoms with van der Waals surface area (Å²) >= 11 is 0. The SMILES string of the molecule is O=C(O)CC1CC(c2ccco2)=NO1. The predicted molar refractivity (Wildman–Crippen MR) is 47.0 cm³/mol. The molecule has 0 aliphatic carbocycles. The summed E-state index contributed by atoms with van der Waals surface area (Å²) in [5, 5.41) is 12.3. The van der Waals surface area contributed by atoms with Crippen molar-refractivity contribution in [2.45, 2.75) is 18.9 Å². The molecule has 2 heterocycles. The van der Waals surface area contributed by atoms with E-state index in [-0.39, 0.29) is 12.5 Å². The summed E-state index contributed by atoms with van der Waals surface area (Å²) in [6.45, 7) is 0. The van der Waals surface area contributed by atoms with Gasteiger partial charge in [0.25, 0.3) is 0 Å². The Morgan fingerprint density at radius 1 is 1.71 bits per heavy atom. The second kappa shape index (κ2) is 3.53. The molecule has 74 valence electrons. The first kappa shape index (κ1) is 8.80. The molecule has 0 spiro atoms. The van der Waals surface area contributed by atoms with Gasteiger partial charge in [-0.05, 0) is 12.1 Å². The van der Waals surface area contributed by atoms with Crippen molar-refractivity contribution in [3.05, 3.63) is 24.2 Å². The largest absolute Gasteiger partial charge is 0.481 e. The summed E-state index contributed by atoms with van der Waals surface area (Å²) in [5.74, 6) is -0.246. The van der Waals surface area contributed by atoms with E-state index in [1.54, 1.807) is 18.4 Å².